The van der Waals surface area contributed by atoms with E-state index in [1.807, 2.05) is 18.2 Å². The van der Waals surface area contributed by atoms with Gasteiger partial charge < -0.3 is 14.7 Å². The van der Waals surface area contributed by atoms with Gasteiger partial charge in [0.25, 0.3) is 5.91 Å². The number of hydrogen-bond donors (Lipinski definition) is 1. The molecule has 3 aromatic rings. The second-order valence-corrected chi connectivity index (χ2v) is 10.9. The summed E-state index contributed by atoms with van der Waals surface area (Å²) in [6.45, 7) is 1.63. The fraction of sp³-hybridized carbons (Fsp3) is 0.333. The summed E-state index contributed by atoms with van der Waals surface area (Å²) < 4.78 is 8.18. The third-order valence-electron chi connectivity index (χ3n) is 7.75. The summed E-state index contributed by atoms with van der Waals surface area (Å²) in [6, 6.07) is 15.7. The molecule has 2 aromatic carbocycles. The average molecular weight is 488 g/mol. The normalized spacial score (nSPS) is 24.5. The van der Waals surface area contributed by atoms with Crippen molar-refractivity contribution in [1.29, 1.82) is 0 Å². The van der Waals surface area contributed by atoms with Crippen molar-refractivity contribution in [1.82, 2.24) is 9.58 Å². The Morgan fingerprint density at radius 3 is 2.74 bits per heavy atom. The van der Waals surface area contributed by atoms with Crippen molar-refractivity contribution >= 4 is 17.7 Å². The number of pyridine rings is 1. The second kappa shape index (κ2) is 7.81. The predicted octanol–water partition coefficient (Wildman–Crippen LogP) is 3.72. The lowest BCUT2D eigenvalue weighted by Crippen LogP contribution is -2.57. The fourth-order valence-corrected chi connectivity index (χ4v) is 7.11. The van der Waals surface area contributed by atoms with Crippen LogP contribution in [-0.2, 0) is 5.75 Å². The van der Waals surface area contributed by atoms with Gasteiger partial charge in [-0.2, -0.15) is 0 Å². The number of ether oxygens (including phenoxy) is 1. The van der Waals surface area contributed by atoms with Crippen molar-refractivity contribution in [3.8, 4) is 11.5 Å². The van der Waals surface area contributed by atoms with E-state index in [2.05, 4.69) is 29.3 Å². The first-order valence-electron chi connectivity index (χ1n) is 12.1. The van der Waals surface area contributed by atoms with Crippen molar-refractivity contribution in [2.24, 2.45) is 11.8 Å². The van der Waals surface area contributed by atoms with Gasteiger partial charge >= 0.3 is 0 Å². The molecule has 7 nitrogen and oxygen atoms in total. The molecule has 8 heteroatoms. The summed E-state index contributed by atoms with van der Waals surface area (Å²) in [4.78, 5) is 28.9. The molecule has 0 radical (unpaired) electrons. The summed E-state index contributed by atoms with van der Waals surface area (Å²) in [5, 5.41) is 12.9. The van der Waals surface area contributed by atoms with Gasteiger partial charge in [-0.05, 0) is 47.9 Å². The molecule has 5 heterocycles. The molecule has 4 bridgehead atoms. The molecule has 4 aliphatic heterocycles. The molecule has 1 aliphatic carbocycles. The zero-order chi connectivity index (χ0) is 23.7. The quantitative estimate of drug-likeness (QED) is 0.521. The van der Waals surface area contributed by atoms with Crippen molar-refractivity contribution in [2.45, 2.75) is 29.5 Å². The van der Waals surface area contributed by atoms with E-state index in [4.69, 9.17) is 4.74 Å². The topological polar surface area (TPSA) is 75.0 Å². The highest BCUT2D eigenvalue weighted by atomic mass is 32.2. The number of aromatic hydroxyl groups is 1. The zero-order valence-electron chi connectivity index (χ0n) is 19.1. The number of benzene rings is 2. The van der Waals surface area contributed by atoms with E-state index >= 15 is 0 Å². The molecular weight excluding hydrogens is 462 g/mol. The van der Waals surface area contributed by atoms with Crippen LogP contribution >= 0.6 is 11.8 Å². The minimum atomic E-state index is -0.544. The Morgan fingerprint density at radius 1 is 1.00 bits per heavy atom. The first kappa shape index (κ1) is 20.9. The van der Waals surface area contributed by atoms with Gasteiger partial charge in [-0.15, -0.1) is 11.8 Å². The molecule has 1 aromatic heterocycles. The van der Waals surface area contributed by atoms with Crippen LogP contribution < -0.4 is 15.2 Å². The van der Waals surface area contributed by atoms with E-state index in [1.54, 1.807) is 27.5 Å². The zero-order valence-corrected chi connectivity index (χ0v) is 19.9. The molecule has 0 unspecified atom stereocenters. The van der Waals surface area contributed by atoms with Crippen molar-refractivity contribution in [3.05, 3.63) is 87.3 Å². The Bertz CT molecular complexity index is 1410. The summed E-state index contributed by atoms with van der Waals surface area (Å²) in [6.07, 6.45) is 3.63. The number of aromatic nitrogens is 1. The molecule has 1 saturated carbocycles. The Balaban J connectivity index is 1.52. The van der Waals surface area contributed by atoms with Crippen LogP contribution in [0.3, 0.4) is 0 Å². The van der Waals surface area contributed by atoms with Gasteiger partial charge in [0.05, 0.1) is 6.61 Å². The lowest BCUT2D eigenvalue weighted by molar-refractivity contribution is 0.0486. The molecule has 1 fully saturated rings. The van der Waals surface area contributed by atoms with Gasteiger partial charge in [0.15, 0.2) is 11.4 Å². The van der Waals surface area contributed by atoms with Crippen molar-refractivity contribution in [3.63, 3.8) is 0 Å². The predicted molar refractivity (Wildman–Crippen MR) is 132 cm³/mol. The standard InChI is InChI=1S/C27H25N3O4S/c31-20-8-9-29-25(26(20)32)27(33)28-12-16-10-17(11-16)13-34-21-6-3-4-18-14-35-22-7-2-1-5-19(22)24(23(18)21)30(29)15-28/h1-9,16-17,24,32H,10-15H2/t16-,17+,24-/m1/s1. The molecular formula is C27H25N3O4S. The Morgan fingerprint density at radius 2 is 1.86 bits per heavy atom. The van der Waals surface area contributed by atoms with Gasteiger partial charge in [-0.1, -0.05) is 30.3 Å². The number of hydrogen-bond acceptors (Lipinski definition) is 6. The largest absolute Gasteiger partial charge is 0.502 e. The minimum absolute atomic E-state index is 0.0333. The summed E-state index contributed by atoms with van der Waals surface area (Å²) in [5.74, 6) is 1.75. The summed E-state index contributed by atoms with van der Waals surface area (Å²) in [5.41, 5.74) is 2.88. The molecule has 0 spiro atoms. The average Bonchev–Trinajstić information content (AvgIpc) is 3.00. The van der Waals surface area contributed by atoms with Crippen LogP contribution in [-0.4, -0.2) is 40.4 Å². The van der Waals surface area contributed by atoms with Crippen LogP contribution in [0, 0.1) is 11.8 Å². The van der Waals surface area contributed by atoms with E-state index < -0.39 is 11.2 Å². The maximum atomic E-state index is 13.6. The van der Waals surface area contributed by atoms with E-state index in [0.717, 1.165) is 35.5 Å². The lowest BCUT2D eigenvalue weighted by Gasteiger charge is -2.47. The maximum Gasteiger partial charge on any atom is 0.277 e. The number of amides is 1. The van der Waals surface area contributed by atoms with Crippen LogP contribution in [0.2, 0.25) is 0 Å². The lowest BCUT2D eigenvalue weighted by atomic mass is 9.75. The highest BCUT2D eigenvalue weighted by Crippen LogP contribution is 2.47. The van der Waals surface area contributed by atoms with Gasteiger partial charge in [0, 0.05) is 35.0 Å². The molecule has 0 saturated heterocycles. The smallest absolute Gasteiger partial charge is 0.277 e. The van der Waals surface area contributed by atoms with Gasteiger partial charge in [0.2, 0.25) is 5.43 Å². The monoisotopic (exact) mass is 487 g/mol. The third-order valence-corrected chi connectivity index (χ3v) is 8.89. The van der Waals surface area contributed by atoms with E-state index in [0.29, 0.717) is 31.7 Å². The second-order valence-electron chi connectivity index (χ2n) is 9.90. The summed E-state index contributed by atoms with van der Waals surface area (Å²) in [7, 11) is 0. The van der Waals surface area contributed by atoms with Crippen LogP contribution in [0.25, 0.3) is 0 Å². The number of thioether (sulfide) groups is 1. The van der Waals surface area contributed by atoms with Crippen molar-refractivity contribution in [2.75, 3.05) is 24.8 Å². The molecule has 1 atom stereocenters. The van der Waals surface area contributed by atoms with Crippen LogP contribution in [0.5, 0.6) is 11.5 Å². The highest BCUT2D eigenvalue weighted by Gasteiger charge is 2.42. The molecule has 1 amide bonds. The maximum absolute atomic E-state index is 13.6. The molecule has 5 aliphatic rings. The first-order chi connectivity index (χ1) is 17.1. The summed E-state index contributed by atoms with van der Waals surface area (Å²) >= 11 is 1.80. The van der Waals surface area contributed by atoms with Crippen LogP contribution in [0.1, 0.15) is 46.1 Å². The number of rotatable bonds is 0. The van der Waals surface area contributed by atoms with E-state index in [-0.39, 0.29) is 17.6 Å². The highest BCUT2D eigenvalue weighted by molar-refractivity contribution is 7.98. The minimum Gasteiger partial charge on any atom is -0.502 e. The Hall–Kier alpha value is -3.39. The Labute approximate surface area is 206 Å². The first-order valence-corrected chi connectivity index (χ1v) is 13.0. The third kappa shape index (κ3) is 3.19. The van der Waals surface area contributed by atoms with Gasteiger partial charge in [-0.3, -0.25) is 19.3 Å². The molecule has 35 heavy (non-hydrogen) atoms. The van der Waals surface area contributed by atoms with E-state index in [1.165, 1.54) is 16.5 Å². The molecule has 1 N–H and O–H groups in total. The van der Waals surface area contributed by atoms with Gasteiger partial charge in [-0.25, -0.2) is 0 Å². The van der Waals surface area contributed by atoms with Crippen molar-refractivity contribution < 1.29 is 14.6 Å². The number of nitrogens with zero attached hydrogens (tertiary/aromatic N) is 3. The molecule has 178 valence electrons. The fourth-order valence-electron chi connectivity index (χ4n) is 6.02. The SMILES string of the molecule is O=C1c2c(O)c(=O)ccn2N2CN1C[C@H]1C[C@@H](COc3cccc4c3[C@H]2c2ccccc2SC4)C1. The number of carbonyl (C=O) groups excluding carboxylic acids is 1. The Kier molecular flexibility index (Phi) is 4.67. The van der Waals surface area contributed by atoms with Crippen LogP contribution in [0.15, 0.2) is 64.4 Å². The molecule has 8 rings (SSSR count). The van der Waals surface area contributed by atoms with Gasteiger partial charge in [0.1, 0.15) is 18.5 Å². The van der Waals surface area contributed by atoms with Crippen LogP contribution in [0.4, 0.5) is 0 Å². The van der Waals surface area contributed by atoms with E-state index in [9.17, 15) is 14.7 Å². The number of carbonyl (C=O) groups is 1. The number of fused-ring (bicyclic) bond motifs is 3.